The summed E-state index contributed by atoms with van der Waals surface area (Å²) >= 11 is 3.13. The number of ether oxygens (including phenoxy) is 1. The van der Waals surface area contributed by atoms with Crippen LogP contribution in [-0.4, -0.2) is 22.7 Å². The molecule has 1 atom stereocenters. The van der Waals surface area contributed by atoms with Crippen molar-refractivity contribution in [1.82, 2.24) is 3.93 Å². The first-order chi connectivity index (χ1) is 3.72. The monoisotopic (exact) mass is 179 g/mol. The highest BCUT2D eigenvalue weighted by Crippen LogP contribution is 2.13. The van der Waals surface area contributed by atoms with Crippen molar-refractivity contribution < 1.29 is 9.53 Å². The Hall–Kier alpha value is -0.0900. The molecule has 1 rings (SSSR count). The molecule has 0 aliphatic carbocycles. The van der Waals surface area contributed by atoms with Gasteiger partial charge in [0.25, 0.3) is 0 Å². The van der Waals surface area contributed by atoms with E-state index in [0.717, 1.165) is 0 Å². The van der Waals surface area contributed by atoms with Gasteiger partial charge in [0.05, 0.1) is 0 Å². The van der Waals surface area contributed by atoms with Crippen LogP contribution in [0.1, 0.15) is 6.92 Å². The van der Waals surface area contributed by atoms with Crippen LogP contribution in [0.5, 0.6) is 0 Å². The fourth-order valence-electron chi connectivity index (χ4n) is 0.472. The molecule has 0 aromatic rings. The molecule has 0 aromatic heterocycles. The van der Waals surface area contributed by atoms with Crippen molar-refractivity contribution >= 4 is 22.1 Å². The minimum absolute atomic E-state index is 0.130. The SMILES string of the molecule is CC1C(=O)OCN1Br. The predicted molar refractivity (Wildman–Crippen MR) is 31.2 cm³/mol. The second kappa shape index (κ2) is 2.03. The quantitative estimate of drug-likeness (QED) is 0.401. The fourth-order valence-corrected chi connectivity index (χ4v) is 0.742. The summed E-state index contributed by atoms with van der Waals surface area (Å²) in [5.41, 5.74) is 0. The summed E-state index contributed by atoms with van der Waals surface area (Å²) in [5, 5.41) is 0. The Bertz CT molecular complexity index is 117. The van der Waals surface area contributed by atoms with E-state index in [2.05, 4.69) is 20.9 Å². The molecule has 0 radical (unpaired) electrons. The van der Waals surface area contributed by atoms with E-state index in [4.69, 9.17) is 0 Å². The summed E-state index contributed by atoms with van der Waals surface area (Å²) in [6.07, 6.45) is 0. The van der Waals surface area contributed by atoms with Crippen molar-refractivity contribution in [3.05, 3.63) is 0 Å². The van der Waals surface area contributed by atoms with Crippen LogP contribution in [-0.2, 0) is 9.53 Å². The lowest BCUT2D eigenvalue weighted by atomic mass is 10.4. The van der Waals surface area contributed by atoms with E-state index < -0.39 is 0 Å². The molecule has 0 N–H and O–H groups in total. The van der Waals surface area contributed by atoms with Gasteiger partial charge in [0.1, 0.15) is 6.04 Å². The van der Waals surface area contributed by atoms with Crippen molar-refractivity contribution in [3.63, 3.8) is 0 Å². The number of cyclic esters (lactones) is 1. The van der Waals surface area contributed by atoms with Gasteiger partial charge in [-0.05, 0) is 6.92 Å². The number of carbonyl (C=O) groups is 1. The Morgan fingerprint density at radius 2 is 2.62 bits per heavy atom. The molecule has 0 saturated carbocycles. The van der Waals surface area contributed by atoms with E-state index in [-0.39, 0.29) is 12.0 Å². The lowest BCUT2D eigenvalue weighted by molar-refractivity contribution is -0.138. The van der Waals surface area contributed by atoms with E-state index >= 15 is 0 Å². The Kier molecular flexibility index (Phi) is 1.53. The standard InChI is InChI=1S/C4H6BrNO2/c1-3-4(7)8-2-6(3)5/h3H,2H2,1H3. The smallest absolute Gasteiger partial charge is 0.325 e. The summed E-state index contributed by atoms with van der Waals surface area (Å²) in [7, 11) is 0. The molecule has 3 nitrogen and oxygen atoms in total. The van der Waals surface area contributed by atoms with Crippen molar-refractivity contribution in [2.75, 3.05) is 6.73 Å². The molecule has 1 heterocycles. The van der Waals surface area contributed by atoms with Gasteiger partial charge in [-0.15, -0.1) is 0 Å². The minimum atomic E-state index is -0.165. The maximum absolute atomic E-state index is 10.5. The molecule has 1 aliphatic heterocycles. The van der Waals surface area contributed by atoms with Crippen molar-refractivity contribution in [1.29, 1.82) is 0 Å². The van der Waals surface area contributed by atoms with Gasteiger partial charge in [-0.25, -0.2) is 0 Å². The minimum Gasteiger partial charge on any atom is -0.447 e. The number of carbonyl (C=O) groups excluding carboxylic acids is 1. The van der Waals surface area contributed by atoms with Crippen LogP contribution in [0.3, 0.4) is 0 Å². The Balaban J connectivity index is 2.56. The fraction of sp³-hybridized carbons (Fsp3) is 0.750. The highest BCUT2D eigenvalue weighted by Gasteiger charge is 2.28. The molecule has 46 valence electrons. The average Bonchev–Trinajstić information content (AvgIpc) is 1.98. The molecule has 0 bridgehead atoms. The maximum Gasteiger partial charge on any atom is 0.325 e. The topological polar surface area (TPSA) is 29.5 Å². The second-order valence-electron chi connectivity index (χ2n) is 1.67. The van der Waals surface area contributed by atoms with Gasteiger partial charge < -0.3 is 4.74 Å². The van der Waals surface area contributed by atoms with Gasteiger partial charge >= 0.3 is 5.97 Å². The van der Waals surface area contributed by atoms with E-state index in [0.29, 0.717) is 6.73 Å². The first-order valence-corrected chi connectivity index (χ1v) is 3.02. The third-order valence-electron chi connectivity index (χ3n) is 1.09. The van der Waals surface area contributed by atoms with Crippen LogP contribution in [0, 0.1) is 0 Å². The zero-order valence-corrected chi connectivity index (χ0v) is 6.01. The number of hydrogen-bond acceptors (Lipinski definition) is 3. The zero-order chi connectivity index (χ0) is 6.15. The van der Waals surface area contributed by atoms with Gasteiger partial charge in [0.15, 0.2) is 6.73 Å². The Labute approximate surface area is 55.9 Å². The van der Waals surface area contributed by atoms with Gasteiger partial charge in [0.2, 0.25) is 0 Å². The average molecular weight is 180 g/mol. The molecule has 0 aromatic carbocycles. The number of hydrogen-bond donors (Lipinski definition) is 0. The molecular weight excluding hydrogens is 174 g/mol. The number of esters is 1. The first kappa shape index (κ1) is 6.04. The first-order valence-electron chi connectivity index (χ1n) is 2.31. The van der Waals surface area contributed by atoms with E-state index in [1.165, 1.54) is 0 Å². The Morgan fingerprint density at radius 1 is 2.00 bits per heavy atom. The molecule has 0 amide bonds. The second-order valence-corrected chi connectivity index (χ2v) is 2.58. The Morgan fingerprint density at radius 3 is 2.75 bits per heavy atom. The maximum atomic E-state index is 10.5. The molecule has 1 unspecified atom stereocenters. The summed E-state index contributed by atoms with van der Waals surface area (Å²) < 4.78 is 6.28. The van der Waals surface area contributed by atoms with Crippen molar-refractivity contribution in [3.8, 4) is 0 Å². The molecule has 0 spiro atoms. The summed E-state index contributed by atoms with van der Waals surface area (Å²) in [5.74, 6) is -0.165. The number of halogens is 1. The largest absolute Gasteiger partial charge is 0.447 e. The summed E-state index contributed by atoms with van der Waals surface area (Å²) in [6.45, 7) is 2.14. The number of nitrogens with zero attached hydrogens (tertiary/aromatic N) is 1. The predicted octanol–water partition coefficient (Wildman–Crippen LogP) is 0.501. The molecule has 4 heteroatoms. The van der Waals surface area contributed by atoms with Crippen LogP contribution in [0.25, 0.3) is 0 Å². The van der Waals surface area contributed by atoms with Gasteiger partial charge in [-0.3, -0.25) is 4.79 Å². The van der Waals surface area contributed by atoms with Crippen LogP contribution in [0.2, 0.25) is 0 Å². The highest BCUT2D eigenvalue weighted by molar-refractivity contribution is 9.07. The van der Waals surface area contributed by atoms with E-state index in [1.54, 1.807) is 10.8 Å². The molecular formula is C4H6BrNO2. The normalized spacial score (nSPS) is 30.8. The van der Waals surface area contributed by atoms with Crippen LogP contribution in [0.4, 0.5) is 0 Å². The van der Waals surface area contributed by atoms with Crippen LogP contribution < -0.4 is 0 Å². The molecule has 8 heavy (non-hydrogen) atoms. The zero-order valence-electron chi connectivity index (χ0n) is 4.43. The van der Waals surface area contributed by atoms with Crippen molar-refractivity contribution in [2.45, 2.75) is 13.0 Å². The lowest BCUT2D eigenvalue weighted by Gasteiger charge is -2.02. The third-order valence-corrected chi connectivity index (χ3v) is 1.91. The lowest BCUT2D eigenvalue weighted by Crippen LogP contribution is -2.20. The summed E-state index contributed by atoms with van der Waals surface area (Å²) in [6, 6.07) is -0.130. The van der Waals surface area contributed by atoms with Gasteiger partial charge in [-0.2, -0.15) is 3.93 Å². The highest BCUT2D eigenvalue weighted by atomic mass is 79.9. The van der Waals surface area contributed by atoms with Crippen LogP contribution >= 0.6 is 16.1 Å². The molecule has 1 fully saturated rings. The molecule has 1 aliphatic rings. The van der Waals surface area contributed by atoms with Crippen molar-refractivity contribution in [2.24, 2.45) is 0 Å². The summed E-state index contributed by atoms with van der Waals surface area (Å²) in [4.78, 5) is 10.5. The molecule has 1 saturated heterocycles. The van der Waals surface area contributed by atoms with Gasteiger partial charge in [-0.1, -0.05) is 0 Å². The third kappa shape index (κ3) is 0.855. The van der Waals surface area contributed by atoms with E-state index in [9.17, 15) is 4.79 Å². The van der Waals surface area contributed by atoms with Crippen LogP contribution in [0.15, 0.2) is 0 Å². The number of rotatable bonds is 0. The van der Waals surface area contributed by atoms with E-state index in [1.807, 2.05) is 0 Å². The van der Waals surface area contributed by atoms with Gasteiger partial charge in [0, 0.05) is 16.1 Å².